The van der Waals surface area contributed by atoms with Crippen LogP contribution < -0.4 is 10.5 Å². The molecule has 0 saturated carbocycles. The van der Waals surface area contributed by atoms with Crippen LogP contribution in [-0.2, 0) is 0 Å². The Morgan fingerprint density at radius 3 is 2.69 bits per heavy atom. The molecule has 0 aliphatic carbocycles. The van der Waals surface area contributed by atoms with E-state index in [1.807, 2.05) is 19.1 Å². The zero-order valence-electron chi connectivity index (χ0n) is 10.6. The standard InChI is InChI=1S/C14H23NO/c1-4-11(3)9-14(15)12-7-6-8-13(10-12)16-5-2/h6-8,10-11,14H,4-5,9,15H2,1-3H3. The largest absolute Gasteiger partial charge is 0.494 e. The fraction of sp³-hybridized carbons (Fsp3) is 0.571. The van der Waals surface area contributed by atoms with Gasteiger partial charge < -0.3 is 10.5 Å². The van der Waals surface area contributed by atoms with E-state index in [2.05, 4.69) is 26.0 Å². The quantitative estimate of drug-likeness (QED) is 0.797. The van der Waals surface area contributed by atoms with Gasteiger partial charge in [0.1, 0.15) is 5.75 Å². The molecule has 90 valence electrons. The van der Waals surface area contributed by atoms with E-state index in [9.17, 15) is 0 Å². The first-order chi connectivity index (χ1) is 7.67. The molecule has 2 heteroatoms. The summed E-state index contributed by atoms with van der Waals surface area (Å²) in [6.07, 6.45) is 2.21. The third-order valence-electron chi connectivity index (χ3n) is 2.95. The number of hydrogen-bond donors (Lipinski definition) is 1. The molecule has 0 aliphatic rings. The lowest BCUT2D eigenvalue weighted by Crippen LogP contribution is -2.13. The predicted octanol–water partition coefficient (Wildman–Crippen LogP) is 3.52. The van der Waals surface area contributed by atoms with E-state index in [4.69, 9.17) is 10.5 Å². The zero-order valence-corrected chi connectivity index (χ0v) is 10.6. The lowest BCUT2D eigenvalue weighted by Gasteiger charge is -2.17. The van der Waals surface area contributed by atoms with Gasteiger partial charge in [0, 0.05) is 6.04 Å². The third-order valence-corrected chi connectivity index (χ3v) is 2.95. The average molecular weight is 221 g/mol. The van der Waals surface area contributed by atoms with Crippen molar-refractivity contribution >= 4 is 0 Å². The molecule has 0 aliphatic heterocycles. The summed E-state index contributed by atoms with van der Waals surface area (Å²) in [6, 6.07) is 8.24. The first kappa shape index (κ1) is 13.0. The van der Waals surface area contributed by atoms with E-state index in [-0.39, 0.29) is 6.04 Å². The molecule has 16 heavy (non-hydrogen) atoms. The molecule has 2 unspecified atom stereocenters. The highest BCUT2D eigenvalue weighted by molar-refractivity contribution is 5.30. The van der Waals surface area contributed by atoms with Crippen molar-refractivity contribution in [3.63, 3.8) is 0 Å². The maximum absolute atomic E-state index is 6.18. The molecule has 1 rings (SSSR count). The monoisotopic (exact) mass is 221 g/mol. The minimum atomic E-state index is 0.121. The van der Waals surface area contributed by atoms with Gasteiger partial charge in [-0.15, -0.1) is 0 Å². The van der Waals surface area contributed by atoms with Gasteiger partial charge in [-0.3, -0.25) is 0 Å². The Bertz CT molecular complexity index is 311. The van der Waals surface area contributed by atoms with E-state index in [0.717, 1.165) is 12.2 Å². The van der Waals surface area contributed by atoms with Crippen LogP contribution in [0, 0.1) is 5.92 Å². The third kappa shape index (κ3) is 3.86. The van der Waals surface area contributed by atoms with Crippen LogP contribution in [0.1, 0.15) is 45.2 Å². The SMILES string of the molecule is CCOc1cccc(C(N)CC(C)CC)c1. The minimum Gasteiger partial charge on any atom is -0.494 e. The highest BCUT2D eigenvalue weighted by Crippen LogP contribution is 2.23. The number of hydrogen-bond acceptors (Lipinski definition) is 2. The second-order valence-corrected chi connectivity index (χ2v) is 4.36. The second kappa shape index (κ2) is 6.54. The van der Waals surface area contributed by atoms with E-state index in [0.29, 0.717) is 12.5 Å². The molecule has 0 bridgehead atoms. The molecule has 0 heterocycles. The Labute approximate surface area is 98.8 Å². The van der Waals surface area contributed by atoms with Gasteiger partial charge in [0.25, 0.3) is 0 Å². The molecule has 0 aromatic heterocycles. The maximum atomic E-state index is 6.18. The molecule has 0 fully saturated rings. The van der Waals surface area contributed by atoms with Gasteiger partial charge in [-0.2, -0.15) is 0 Å². The van der Waals surface area contributed by atoms with E-state index < -0.39 is 0 Å². The molecule has 2 atom stereocenters. The van der Waals surface area contributed by atoms with Gasteiger partial charge in [-0.1, -0.05) is 32.4 Å². The number of benzene rings is 1. The Morgan fingerprint density at radius 1 is 1.31 bits per heavy atom. The normalized spacial score (nSPS) is 14.5. The van der Waals surface area contributed by atoms with Crippen molar-refractivity contribution < 1.29 is 4.74 Å². The molecule has 2 nitrogen and oxygen atoms in total. The van der Waals surface area contributed by atoms with E-state index in [1.165, 1.54) is 12.0 Å². The van der Waals surface area contributed by atoms with Crippen LogP contribution in [0.5, 0.6) is 5.75 Å². The molecular weight excluding hydrogens is 198 g/mol. The van der Waals surface area contributed by atoms with Crippen LogP contribution in [-0.4, -0.2) is 6.61 Å². The first-order valence-electron chi connectivity index (χ1n) is 6.15. The summed E-state index contributed by atoms with van der Waals surface area (Å²) in [5.74, 6) is 1.59. The highest BCUT2D eigenvalue weighted by Gasteiger charge is 2.10. The summed E-state index contributed by atoms with van der Waals surface area (Å²) in [7, 11) is 0. The van der Waals surface area contributed by atoms with Gasteiger partial charge in [-0.25, -0.2) is 0 Å². The van der Waals surface area contributed by atoms with Crippen molar-refractivity contribution in [2.24, 2.45) is 11.7 Å². The molecule has 0 spiro atoms. The van der Waals surface area contributed by atoms with Gasteiger partial charge in [-0.05, 0) is 37.0 Å². The van der Waals surface area contributed by atoms with Crippen molar-refractivity contribution in [2.45, 2.75) is 39.7 Å². The van der Waals surface area contributed by atoms with Crippen LogP contribution in [0.25, 0.3) is 0 Å². The van der Waals surface area contributed by atoms with Crippen LogP contribution >= 0.6 is 0 Å². The lowest BCUT2D eigenvalue weighted by molar-refractivity contribution is 0.339. The van der Waals surface area contributed by atoms with Crippen LogP contribution in [0.4, 0.5) is 0 Å². The summed E-state index contributed by atoms with van der Waals surface area (Å²) < 4.78 is 5.47. The van der Waals surface area contributed by atoms with Gasteiger partial charge in [0.05, 0.1) is 6.61 Å². The number of nitrogens with two attached hydrogens (primary N) is 1. The molecule has 0 amide bonds. The number of rotatable bonds is 6. The van der Waals surface area contributed by atoms with Gasteiger partial charge in [0.2, 0.25) is 0 Å². The fourth-order valence-electron chi connectivity index (χ4n) is 1.74. The molecule has 0 saturated heterocycles. The van der Waals surface area contributed by atoms with Crippen molar-refractivity contribution in [3.8, 4) is 5.75 Å². The van der Waals surface area contributed by atoms with Crippen molar-refractivity contribution in [3.05, 3.63) is 29.8 Å². The molecule has 1 aromatic carbocycles. The van der Waals surface area contributed by atoms with Crippen molar-refractivity contribution in [1.82, 2.24) is 0 Å². The topological polar surface area (TPSA) is 35.2 Å². The Morgan fingerprint density at radius 2 is 2.06 bits per heavy atom. The summed E-state index contributed by atoms with van der Waals surface area (Å²) in [5.41, 5.74) is 7.35. The summed E-state index contributed by atoms with van der Waals surface area (Å²) >= 11 is 0. The maximum Gasteiger partial charge on any atom is 0.119 e. The predicted molar refractivity (Wildman–Crippen MR) is 68.6 cm³/mol. The van der Waals surface area contributed by atoms with E-state index >= 15 is 0 Å². The Kier molecular flexibility index (Phi) is 5.33. The lowest BCUT2D eigenvalue weighted by atomic mass is 9.95. The zero-order chi connectivity index (χ0) is 12.0. The highest BCUT2D eigenvalue weighted by atomic mass is 16.5. The Hall–Kier alpha value is -1.02. The second-order valence-electron chi connectivity index (χ2n) is 4.36. The number of ether oxygens (including phenoxy) is 1. The van der Waals surface area contributed by atoms with Crippen LogP contribution in [0.3, 0.4) is 0 Å². The average Bonchev–Trinajstić information content (AvgIpc) is 2.29. The van der Waals surface area contributed by atoms with Crippen LogP contribution in [0.2, 0.25) is 0 Å². The molecule has 1 aromatic rings. The minimum absolute atomic E-state index is 0.121. The fourth-order valence-corrected chi connectivity index (χ4v) is 1.74. The summed E-state index contributed by atoms with van der Waals surface area (Å²) in [6.45, 7) is 7.13. The van der Waals surface area contributed by atoms with E-state index in [1.54, 1.807) is 0 Å². The molecule has 0 radical (unpaired) electrons. The van der Waals surface area contributed by atoms with Gasteiger partial charge in [0.15, 0.2) is 0 Å². The van der Waals surface area contributed by atoms with Crippen molar-refractivity contribution in [1.29, 1.82) is 0 Å². The van der Waals surface area contributed by atoms with Crippen molar-refractivity contribution in [2.75, 3.05) is 6.61 Å². The van der Waals surface area contributed by atoms with Crippen LogP contribution in [0.15, 0.2) is 24.3 Å². The Balaban J connectivity index is 2.67. The smallest absolute Gasteiger partial charge is 0.119 e. The molecular formula is C14H23NO. The summed E-state index contributed by atoms with van der Waals surface area (Å²) in [4.78, 5) is 0. The molecule has 2 N–H and O–H groups in total. The van der Waals surface area contributed by atoms with Gasteiger partial charge >= 0.3 is 0 Å². The summed E-state index contributed by atoms with van der Waals surface area (Å²) in [5, 5.41) is 0. The first-order valence-corrected chi connectivity index (χ1v) is 6.15.